The van der Waals surface area contributed by atoms with E-state index >= 15 is 0 Å². The third kappa shape index (κ3) is 2.39. The van der Waals surface area contributed by atoms with Crippen LogP contribution in [-0.2, 0) is 6.54 Å². The van der Waals surface area contributed by atoms with E-state index < -0.39 is 11.2 Å². The molecule has 1 heterocycles. The van der Waals surface area contributed by atoms with Crippen molar-refractivity contribution < 1.29 is 0 Å². The van der Waals surface area contributed by atoms with Gasteiger partial charge in [-0.25, -0.2) is 4.79 Å². The molecule has 17 heavy (non-hydrogen) atoms. The van der Waals surface area contributed by atoms with E-state index in [-0.39, 0.29) is 6.54 Å². The fraction of sp³-hybridized carbons (Fsp3) is 0.0909. The first kappa shape index (κ1) is 11.5. The molecule has 0 bridgehead atoms. The Morgan fingerprint density at radius 3 is 2.71 bits per heavy atom. The van der Waals surface area contributed by atoms with Crippen molar-refractivity contribution in [2.24, 2.45) is 0 Å². The lowest BCUT2D eigenvalue weighted by atomic mass is 10.2. The van der Waals surface area contributed by atoms with Gasteiger partial charge < -0.3 is 5.73 Å². The van der Waals surface area contributed by atoms with Crippen LogP contribution in [0.4, 0.5) is 5.69 Å². The van der Waals surface area contributed by atoms with E-state index in [1.807, 2.05) is 0 Å². The highest BCUT2D eigenvalue weighted by Gasteiger charge is 2.06. The number of rotatable bonds is 2. The first-order chi connectivity index (χ1) is 8.08. The summed E-state index contributed by atoms with van der Waals surface area (Å²) in [5, 5.41) is 0.489. The zero-order valence-electron chi connectivity index (χ0n) is 8.81. The van der Waals surface area contributed by atoms with Gasteiger partial charge in [0.1, 0.15) is 0 Å². The number of aromatic amines is 1. The van der Waals surface area contributed by atoms with Crippen LogP contribution in [0.5, 0.6) is 0 Å². The Labute approximate surface area is 101 Å². The van der Waals surface area contributed by atoms with Crippen molar-refractivity contribution in [1.29, 1.82) is 0 Å². The first-order valence-corrected chi connectivity index (χ1v) is 5.28. The lowest BCUT2D eigenvalue weighted by molar-refractivity contribution is 0.722. The fourth-order valence-corrected chi connectivity index (χ4v) is 1.72. The minimum absolute atomic E-state index is 0.223. The third-order valence-corrected chi connectivity index (χ3v) is 2.73. The molecular weight excluding hydrogens is 242 g/mol. The molecule has 2 aromatic rings. The lowest BCUT2D eigenvalue weighted by Crippen LogP contribution is -2.29. The van der Waals surface area contributed by atoms with Crippen molar-refractivity contribution in [1.82, 2.24) is 9.55 Å². The van der Waals surface area contributed by atoms with Gasteiger partial charge in [-0.3, -0.25) is 14.3 Å². The standard InChI is InChI=1S/C11H10ClN3O2/c12-8-2-1-3-9(13)7(8)6-15-5-4-10(16)14-11(15)17/h1-5H,6,13H2,(H,14,16,17). The summed E-state index contributed by atoms with van der Waals surface area (Å²) < 4.78 is 1.33. The number of nitrogen functional groups attached to an aromatic ring is 1. The number of nitrogens with two attached hydrogens (primary N) is 1. The van der Waals surface area contributed by atoms with Gasteiger partial charge in [0.2, 0.25) is 0 Å². The number of nitrogens with one attached hydrogen (secondary N) is 1. The van der Waals surface area contributed by atoms with Gasteiger partial charge in [0.05, 0.1) is 6.54 Å². The molecule has 1 aromatic carbocycles. The van der Waals surface area contributed by atoms with E-state index in [4.69, 9.17) is 17.3 Å². The predicted molar refractivity (Wildman–Crippen MR) is 66.3 cm³/mol. The van der Waals surface area contributed by atoms with Crippen molar-refractivity contribution in [2.45, 2.75) is 6.54 Å². The van der Waals surface area contributed by atoms with Gasteiger partial charge in [0.15, 0.2) is 0 Å². The molecule has 0 spiro atoms. The number of hydrogen-bond acceptors (Lipinski definition) is 3. The van der Waals surface area contributed by atoms with Gasteiger partial charge in [0, 0.05) is 28.5 Å². The molecule has 0 saturated heterocycles. The fourth-order valence-electron chi connectivity index (χ4n) is 1.48. The van der Waals surface area contributed by atoms with Crippen LogP contribution in [0.3, 0.4) is 0 Å². The van der Waals surface area contributed by atoms with Crippen LogP contribution in [0.1, 0.15) is 5.56 Å². The topological polar surface area (TPSA) is 80.9 Å². The molecule has 0 amide bonds. The zero-order valence-corrected chi connectivity index (χ0v) is 9.57. The second-order valence-corrected chi connectivity index (χ2v) is 3.95. The summed E-state index contributed by atoms with van der Waals surface area (Å²) in [5.74, 6) is 0. The van der Waals surface area contributed by atoms with Gasteiger partial charge in [-0.1, -0.05) is 17.7 Å². The SMILES string of the molecule is Nc1cccc(Cl)c1Cn1ccc(=O)[nH]c1=O. The molecule has 88 valence electrons. The van der Waals surface area contributed by atoms with Crippen LogP contribution in [0.25, 0.3) is 0 Å². The maximum atomic E-state index is 11.5. The van der Waals surface area contributed by atoms with E-state index in [1.165, 1.54) is 16.8 Å². The Morgan fingerprint density at radius 1 is 1.29 bits per heavy atom. The first-order valence-electron chi connectivity index (χ1n) is 4.90. The van der Waals surface area contributed by atoms with Crippen LogP contribution in [0, 0.1) is 0 Å². The molecule has 0 aliphatic heterocycles. The Bertz CT molecular complexity index is 640. The molecule has 6 heteroatoms. The van der Waals surface area contributed by atoms with E-state index in [9.17, 15) is 9.59 Å². The van der Waals surface area contributed by atoms with Crippen LogP contribution in [0.2, 0.25) is 5.02 Å². The number of H-pyrrole nitrogens is 1. The van der Waals surface area contributed by atoms with Gasteiger partial charge in [0.25, 0.3) is 5.56 Å². The van der Waals surface area contributed by atoms with Gasteiger partial charge >= 0.3 is 5.69 Å². The molecule has 2 rings (SSSR count). The quantitative estimate of drug-likeness (QED) is 0.776. The number of anilines is 1. The molecule has 0 fully saturated rings. The lowest BCUT2D eigenvalue weighted by Gasteiger charge is -2.09. The number of nitrogens with zero attached hydrogens (tertiary/aromatic N) is 1. The molecule has 0 unspecified atom stereocenters. The summed E-state index contributed by atoms with van der Waals surface area (Å²) in [6, 6.07) is 6.41. The maximum absolute atomic E-state index is 11.5. The molecule has 3 N–H and O–H groups in total. The van der Waals surface area contributed by atoms with Crippen LogP contribution in [0.15, 0.2) is 40.1 Å². The largest absolute Gasteiger partial charge is 0.398 e. The molecule has 0 radical (unpaired) electrons. The Balaban J connectivity index is 2.45. The summed E-state index contributed by atoms with van der Waals surface area (Å²) >= 11 is 6.00. The summed E-state index contributed by atoms with van der Waals surface area (Å²) in [5.41, 5.74) is 6.02. The van der Waals surface area contributed by atoms with Crippen molar-refractivity contribution >= 4 is 17.3 Å². The van der Waals surface area contributed by atoms with Gasteiger partial charge in [-0.2, -0.15) is 0 Å². The van der Waals surface area contributed by atoms with E-state index in [1.54, 1.807) is 18.2 Å². The highest BCUT2D eigenvalue weighted by atomic mass is 35.5. The monoisotopic (exact) mass is 251 g/mol. The normalized spacial score (nSPS) is 10.4. The smallest absolute Gasteiger partial charge is 0.328 e. The second kappa shape index (κ2) is 4.47. The molecule has 0 aliphatic carbocycles. The Kier molecular flexibility index (Phi) is 3.01. The number of benzene rings is 1. The minimum atomic E-state index is -0.489. The average Bonchev–Trinajstić information content (AvgIpc) is 2.26. The number of halogens is 1. The highest BCUT2D eigenvalue weighted by molar-refractivity contribution is 6.31. The summed E-state index contributed by atoms with van der Waals surface area (Å²) in [4.78, 5) is 24.6. The molecular formula is C11H10ClN3O2. The maximum Gasteiger partial charge on any atom is 0.328 e. The summed E-state index contributed by atoms with van der Waals surface area (Å²) in [6.07, 6.45) is 1.41. The van der Waals surface area contributed by atoms with Crippen molar-refractivity contribution in [3.05, 3.63) is 61.9 Å². The Hall–Kier alpha value is -2.01. The number of hydrogen-bond donors (Lipinski definition) is 2. The molecule has 0 atom stereocenters. The van der Waals surface area contributed by atoms with Crippen molar-refractivity contribution in [2.75, 3.05) is 5.73 Å². The third-order valence-electron chi connectivity index (χ3n) is 2.38. The molecule has 0 aliphatic rings. The van der Waals surface area contributed by atoms with E-state index in [2.05, 4.69) is 4.98 Å². The minimum Gasteiger partial charge on any atom is -0.398 e. The average molecular weight is 252 g/mol. The molecule has 5 nitrogen and oxygen atoms in total. The summed E-state index contributed by atoms with van der Waals surface area (Å²) in [6.45, 7) is 0.223. The van der Waals surface area contributed by atoms with Crippen LogP contribution in [-0.4, -0.2) is 9.55 Å². The molecule has 0 saturated carbocycles. The Morgan fingerprint density at radius 2 is 2.06 bits per heavy atom. The van der Waals surface area contributed by atoms with Crippen LogP contribution < -0.4 is 17.0 Å². The zero-order chi connectivity index (χ0) is 12.4. The number of aromatic nitrogens is 2. The van der Waals surface area contributed by atoms with E-state index in [0.29, 0.717) is 16.3 Å². The van der Waals surface area contributed by atoms with Crippen molar-refractivity contribution in [3.8, 4) is 0 Å². The van der Waals surface area contributed by atoms with Gasteiger partial charge in [-0.15, -0.1) is 0 Å². The van der Waals surface area contributed by atoms with E-state index in [0.717, 1.165) is 0 Å². The molecule has 1 aromatic heterocycles. The van der Waals surface area contributed by atoms with Crippen LogP contribution >= 0.6 is 11.6 Å². The summed E-state index contributed by atoms with van der Waals surface area (Å²) in [7, 11) is 0. The second-order valence-electron chi connectivity index (χ2n) is 3.55. The highest BCUT2D eigenvalue weighted by Crippen LogP contribution is 2.22. The van der Waals surface area contributed by atoms with Gasteiger partial charge in [-0.05, 0) is 12.1 Å². The predicted octanol–water partition coefficient (Wildman–Crippen LogP) is 0.821. The van der Waals surface area contributed by atoms with Crippen molar-refractivity contribution in [3.63, 3.8) is 0 Å².